The van der Waals surface area contributed by atoms with E-state index in [1.165, 1.54) is 17.1 Å². The van der Waals surface area contributed by atoms with Crippen LogP contribution in [-0.2, 0) is 27.7 Å². The van der Waals surface area contributed by atoms with Crippen LogP contribution in [0.1, 0.15) is 18.2 Å². The number of nitrogens with one attached hydrogen (secondary N) is 2. The smallest absolute Gasteiger partial charge is 0.405 e. The zero-order valence-corrected chi connectivity index (χ0v) is 21.2. The first-order valence-electron chi connectivity index (χ1n) is 11.6. The number of rotatable bonds is 9. The van der Waals surface area contributed by atoms with E-state index in [1.54, 1.807) is 30.3 Å². The molecule has 4 aromatic rings. The van der Waals surface area contributed by atoms with Crippen molar-refractivity contribution in [2.75, 3.05) is 12.9 Å². The van der Waals surface area contributed by atoms with Gasteiger partial charge in [0.15, 0.2) is 0 Å². The van der Waals surface area contributed by atoms with E-state index in [-0.39, 0.29) is 13.0 Å². The van der Waals surface area contributed by atoms with Gasteiger partial charge in [-0.05, 0) is 31.0 Å². The van der Waals surface area contributed by atoms with Crippen molar-refractivity contribution in [3.63, 3.8) is 0 Å². The molecule has 0 fully saturated rings. The average molecular weight is 525 g/mol. The first-order valence-corrected chi connectivity index (χ1v) is 13.4. The van der Waals surface area contributed by atoms with Gasteiger partial charge in [0.2, 0.25) is 15.9 Å². The molecule has 0 bridgehead atoms. The number of carbonyl (C=O) groups is 2. The van der Waals surface area contributed by atoms with Gasteiger partial charge in [-0.2, -0.15) is 0 Å². The summed E-state index contributed by atoms with van der Waals surface area (Å²) in [7, 11) is -3.63. The van der Waals surface area contributed by atoms with Crippen molar-refractivity contribution in [2.45, 2.75) is 31.3 Å². The number of para-hydroxylation sites is 1. The molecule has 37 heavy (non-hydrogen) atoms. The van der Waals surface area contributed by atoms with Gasteiger partial charge in [-0.25, -0.2) is 17.2 Å². The zero-order chi connectivity index (χ0) is 26.8. The Labute approximate surface area is 214 Å². The molecule has 0 aliphatic rings. The van der Waals surface area contributed by atoms with Gasteiger partial charge >= 0.3 is 6.09 Å². The maximum absolute atomic E-state index is 13.3. The number of carboxylic acid groups (broad SMARTS) is 1. The monoisotopic (exact) mass is 524 g/mol. The second-order valence-corrected chi connectivity index (χ2v) is 11.1. The van der Waals surface area contributed by atoms with Crippen LogP contribution in [-0.4, -0.2) is 64.0 Å². The van der Waals surface area contributed by atoms with E-state index in [0.29, 0.717) is 33.9 Å². The van der Waals surface area contributed by atoms with Crippen molar-refractivity contribution in [1.82, 2.24) is 19.6 Å². The molecule has 2 unspecified atom stereocenters. The van der Waals surface area contributed by atoms with Crippen LogP contribution in [0.25, 0.3) is 21.8 Å². The number of benzene rings is 2. The quantitative estimate of drug-likeness (QED) is 0.262. The topological polar surface area (TPSA) is 151 Å². The number of nitrogens with zero attached hydrogens (tertiary/aromatic N) is 2. The number of hydrogen-bond acceptors (Lipinski definition) is 6. The highest BCUT2D eigenvalue weighted by molar-refractivity contribution is 7.89. The summed E-state index contributed by atoms with van der Waals surface area (Å²) in [5.41, 5.74) is 0.553. The lowest BCUT2D eigenvalue weighted by atomic mass is 9.93. The Bertz CT molecular complexity index is 1570. The second-order valence-electron chi connectivity index (χ2n) is 9.22. The van der Waals surface area contributed by atoms with Crippen LogP contribution < -0.4 is 10.6 Å². The standard InChI is InChI=1S/C26H28N4O6S/c1-26(29-25(33)34,24(32)28-19(16-31)12-17-8-4-3-5-9-17)14-18-13-21-20-10-6-7-11-22(20)30(37(2,35)36)23(21)15-27-18/h3-11,13,15,19,29,31H,12,14,16H2,1-2H3,(H,28,32)(H,33,34). The lowest BCUT2D eigenvalue weighted by Crippen LogP contribution is -2.60. The summed E-state index contributed by atoms with van der Waals surface area (Å²) in [6.07, 6.45) is 1.38. The third-order valence-electron chi connectivity index (χ3n) is 6.20. The Balaban J connectivity index is 1.68. The van der Waals surface area contributed by atoms with Crippen molar-refractivity contribution in [1.29, 1.82) is 0 Å². The summed E-state index contributed by atoms with van der Waals surface area (Å²) in [6, 6.07) is 17.4. The lowest BCUT2D eigenvalue weighted by molar-refractivity contribution is -0.127. The highest BCUT2D eigenvalue weighted by Gasteiger charge is 2.37. The first kappa shape index (κ1) is 26.1. The van der Waals surface area contributed by atoms with Crippen molar-refractivity contribution >= 4 is 43.8 Å². The molecule has 2 amide bonds. The minimum absolute atomic E-state index is 0.108. The van der Waals surface area contributed by atoms with E-state index in [1.807, 2.05) is 30.3 Å². The van der Waals surface area contributed by atoms with Gasteiger partial charge in [0, 0.05) is 22.9 Å². The SMILES string of the molecule is CC(Cc1cc2c3ccccc3n(S(C)(=O)=O)c2cn1)(NC(=O)O)C(=O)NC(CO)Cc1ccccc1. The van der Waals surface area contributed by atoms with Gasteiger partial charge in [0.05, 0.1) is 36.1 Å². The Morgan fingerprint density at radius 2 is 1.73 bits per heavy atom. The zero-order valence-electron chi connectivity index (χ0n) is 20.4. The lowest BCUT2D eigenvalue weighted by Gasteiger charge is -2.30. The molecule has 0 aliphatic carbocycles. The van der Waals surface area contributed by atoms with E-state index in [0.717, 1.165) is 11.8 Å². The van der Waals surface area contributed by atoms with Gasteiger partial charge in [-0.1, -0.05) is 48.5 Å². The number of fused-ring (bicyclic) bond motifs is 3. The third-order valence-corrected chi connectivity index (χ3v) is 7.26. The van der Waals surface area contributed by atoms with Crippen molar-refractivity contribution in [3.05, 3.63) is 78.1 Å². The molecule has 4 rings (SSSR count). The minimum Gasteiger partial charge on any atom is -0.465 e. The Morgan fingerprint density at radius 1 is 1.05 bits per heavy atom. The van der Waals surface area contributed by atoms with E-state index in [2.05, 4.69) is 15.6 Å². The molecule has 11 heteroatoms. The molecule has 4 N–H and O–H groups in total. The molecule has 0 radical (unpaired) electrons. The molecule has 0 spiro atoms. The third kappa shape index (κ3) is 5.57. The fourth-order valence-corrected chi connectivity index (χ4v) is 5.53. The van der Waals surface area contributed by atoms with E-state index < -0.39 is 33.6 Å². The summed E-state index contributed by atoms with van der Waals surface area (Å²) >= 11 is 0. The first-order chi connectivity index (χ1) is 17.5. The Morgan fingerprint density at radius 3 is 2.38 bits per heavy atom. The number of aliphatic hydroxyl groups is 1. The highest BCUT2D eigenvalue weighted by Crippen LogP contribution is 2.30. The summed E-state index contributed by atoms with van der Waals surface area (Å²) < 4.78 is 26.2. The Kier molecular flexibility index (Phi) is 7.19. The maximum atomic E-state index is 13.3. The van der Waals surface area contributed by atoms with Crippen LogP contribution in [0.2, 0.25) is 0 Å². The molecule has 2 aromatic heterocycles. The summed E-state index contributed by atoms with van der Waals surface area (Å²) in [5.74, 6) is -0.620. The van der Waals surface area contributed by atoms with E-state index in [9.17, 15) is 28.2 Å². The van der Waals surface area contributed by atoms with Crippen LogP contribution in [0, 0.1) is 0 Å². The fraction of sp³-hybridized carbons (Fsp3) is 0.269. The normalized spacial score (nSPS) is 14.2. The van der Waals surface area contributed by atoms with Gasteiger partial charge in [0.1, 0.15) is 5.54 Å². The molecule has 0 aliphatic heterocycles. The fourth-order valence-electron chi connectivity index (χ4n) is 4.52. The molecular weight excluding hydrogens is 496 g/mol. The van der Waals surface area contributed by atoms with E-state index in [4.69, 9.17) is 0 Å². The predicted octanol–water partition coefficient (Wildman–Crippen LogP) is 2.29. The van der Waals surface area contributed by atoms with Crippen LogP contribution in [0.4, 0.5) is 4.79 Å². The second kappa shape index (κ2) is 10.2. The van der Waals surface area contributed by atoms with Crippen molar-refractivity contribution in [2.24, 2.45) is 0 Å². The van der Waals surface area contributed by atoms with Crippen molar-refractivity contribution in [3.8, 4) is 0 Å². The number of carbonyl (C=O) groups excluding carboxylic acids is 1. The average Bonchev–Trinajstić information content (AvgIpc) is 3.18. The number of hydrogen-bond donors (Lipinski definition) is 4. The number of aliphatic hydroxyl groups excluding tert-OH is 1. The maximum Gasteiger partial charge on any atom is 0.405 e. The van der Waals surface area contributed by atoms with Crippen LogP contribution in [0.5, 0.6) is 0 Å². The molecule has 194 valence electrons. The molecule has 0 saturated carbocycles. The summed E-state index contributed by atoms with van der Waals surface area (Å²) in [6.45, 7) is 1.11. The van der Waals surface area contributed by atoms with Gasteiger partial charge in [0.25, 0.3) is 0 Å². The number of aromatic nitrogens is 2. The van der Waals surface area contributed by atoms with E-state index >= 15 is 0 Å². The largest absolute Gasteiger partial charge is 0.465 e. The molecule has 10 nitrogen and oxygen atoms in total. The van der Waals surface area contributed by atoms with Gasteiger partial charge in [-0.15, -0.1) is 0 Å². The van der Waals surface area contributed by atoms with Crippen LogP contribution >= 0.6 is 0 Å². The number of pyridine rings is 1. The molecule has 0 saturated heterocycles. The van der Waals surface area contributed by atoms with Crippen molar-refractivity contribution < 1.29 is 28.2 Å². The van der Waals surface area contributed by atoms with Gasteiger partial charge < -0.3 is 20.8 Å². The van der Waals surface area contributed by atoms with Gasteiger partial charge in [-0.3, -0.25) is 9.78 Å². The van der Waals surface area contributed by atoms with Crippen LogP contribution in [0.15, 0.2) is 66.9 Å². The number of amides is 2. The molecule has 2 heterocycles. The molecular formula is C26H28N4O6S. The summed E-state index contributed by atoms with van der Waals surface area (Å²) in [5, 5.41) is 25.7. The Hall–Kier alpha value is -3.96. The predicted molar refractivity (Wildman–Crippen MR) is 140 cm³/mol. The molecule has 2 atom stereocenters. The summed E-state index contributed by atoms with van der Waals surface area (Å²) in [4.78, 5) is 29.3. The molecule has 2 aromatic carbocycles. The highest BCUT2D eigenvalue weighted by atomic mass is 32.2. The minimum atomic E-state index is -3.63. The van der Waals surface area contributed by atoms with Crippen LogP contribution in [0.3, 0.4) is 0 Å².